The van der Waals surface area contributed by atoms with Crippen LogP contribution in [0.1, 0.15) is 161 Å². The van der Waals surface area contributed by atoms with Crippen molar-refractivity contribution in [2.24, 2.45) is 11.8 Å². The number of rotatable bonds is 26. The van der Waals surface area contributed by atoms with E-state index in [1.165, 1.54) is 196 Å². The van der Waals surface area contributed by atoms with Gasteiger partial charge in [-0.25, -0.2) is 0 Å². The molecule has 244 valence electrons. The standard InChI is InChI=1S/C37H76N2O2/c1-38(28-17-13-9-5-3-7-11-15-19-34-40)30-24-36(25-31-38)22-21-23-37-26-32-39(2,33-27-37)29-18-14-10-6-4-8-12-16-20-35-41/h36-37,40-41H,3-35H2,1-2H3/q+2. The normalized spacial score (nSPS) is 26.9. The van der Waals surface area contributed by atoms with E-state index >= 15 is 0 Å². The first-order chi connectivity index (χ1) is 20.0. The molecule has 2 fully saturated rings. The first kappa shape index (κ1) is 37.0. The van der Waals surface area contributed by atoms with E-state index in [0.717, 1.165) is 24.7 Å². The minimum atomic E-state index is 0.368. The molecular formula is C37H76N2O2+2. The molecule has 2 aliphatic rings. The van der Waals surface area contributed by atoms with E-state index in [9.17, 15) is 0 Å². The van der Waals surface area contributed by atoms with Crippen molar-refractivity contribution in [3.63, 3.8) is 0 Å². The fourth-order valence-electron chi connectivity index (χ4n) is 7.89. The second-order valence-electron chi connectivity index (χ2n) is 15.2. The van der Waals surface area contributed by atoms with Crippen LogP contribution >= 0.6 is 0 Å². The molecule has 0 radical (unpaired) electrons. The maximum Gasteiger partial charge on any atom is 0.0787 e. The summed E-state index contributed by atoms with van der Waals surface area (Å²) in [6.07, 6.45) is 34.4. The first-order valence-electron chi connectivity index (χ1n) is 18.9. The topological polar surface area (TPSA) is 40.5 Å². The van der Waals surface area contributed by atoms with Crippen LogP contribution < -0.4 is 0 Å². The molecule has 0 unspecified atom stereocenters. The molecule has 0 spiro atoms. The van der Waals surface area contributed by atoms with Gasteiger partial charge >= 0.3 is 0 Å². The van der Waals surface area contributed by atoms with Crippen LogP contribution in [0.2, 0.25) is 0 Å². The zero-order valence-corrected chi connectivity index (χ0v) is 28.3. The smallest absolute Gasteiger partial charge is 0.0787 e. The van der Waals surface area contributed by atoms with Gasteiger partial charge < -0.3 is 19.2 Å². The van der Waals surface area contributed by atoms with Crippen LogP contribution in [0.4, 0.5) is 0 Å². The summed E-state index contributed by atoms with van der Waals surface area (Å²) >= 11 is 0. The summed E-state index contributed by atoms with van der Waals surface area (Å²) in [6, 6.07) is 0. The number of likely N-dealkylation sites (tertiary alicyclic amines) is 2. The zero-order chi connectivity index (χ0) is 29.5. The van der Waals surface area contributed by atoms with E-state index in [0.29, 0.717) is 13.2 Å². The molecule has 2 N–H and O–H groups in total. The predicted molar refractivity (Wildman–Crippen MR) is 178 cm³/mol. The van der Waals surface area contributed by atoms with E-state index in [1.807, 2.05) is 0 Å². The van der Waals surface area contributed by atoms with Crippen LogP contribution in [0.5, 0.6) is 0 Å². The number of nitrogens with zero attached hydrogens (tertiary/aromatic N) is 2. The average Bonchev–Trinajstić information content (AvgIpc) is 2.97. The van der Waals surface area contributed by atoms with Gasteiger partial charge in [0.05, 0.1) is 53.4 Å². The lowest BCUT2D eigenvalue weighted by Crippen LogP contribution is -2.50. The van der Waals surface area contributed by atoms with Crippen molar-refractivity contribution < 1.29 is 19.2 Å². The van der Waals surface area contributed by atoms with Crippen LogP contribution in [-0.2, 0) is 0 Å². The van der Waals surface area contributed by atoms with Crippen molar-refractivity contribution in [1.82, 2.24) is 0 Å². The van der Waals surface area contributed by atoms with Gasteiger partial charge in [0.25, 0.3) is 0 Å². The van der Waals surface area contributed by atoms with Gasteiger partial charge in [-0.3, -0.25) is 0 Å². The molecule has 41 heavy (non-hydrogen) atoms. The Labute approximate surface area is 257 Å². The summed E-state index contributed by atoms with van der Waals surface area (Å²) in [4.78, 5) is 0. The summed E-state index contributed by atoms with van der Waals surface area (Å²) in [5.41, 5.74) is 0. The molecule has 2 saturated heterocycles. The second kappa shape index (κ2) is 23.3. The maximum atomic E-state index is 8.86. The Kier molecular flexibility index (Phi) is 21.0. The highest BCUT2D eigenvalue weighted by atomic mass is 16.3. The number of piperidine rings is 2. The summed E-state index contributed by atoms with van der Waals surface area (Å²) in [5.74, 6) is 2.02. The van der Waals surface area contributed by atoms with E-state index in [2.05, 4.69) is 14.1 Å². The maximum absolute atomic E-state index is 8.86. The average molecular weight is 581 g/mol. The molecule has 0 aromatic rings. The van der Waals surface area contributed by atoms with Crippen LogP contribution in [0, 0.1) is 11.8 Å². The van der Waals surface area contributed by atoms with Crippen molar-refractivity contribution in [1.29, 1.82) is 0 Å². The Balaban J connectivity index is 1.41. The van der Waals surface area contributed by atoms with Crippen molar-refractivity contribution in [3.8, 4) is 0 Å². The third-order valence-electron chi connectivity index (χ3n) is 11.2. The van der Waals surface area contributed by atoms with Gasteiger partial charge in [0.2, 0.25) is 0 Å². The van der Waals surface area contributed by atoms with E-state index in [4.69, 9.17) is 10.2 Å². The minimum Gasteiger partial charge on any atom is -0.396 e. The SMILES string of the molecule is C[N+]1(CCCCCCCCCCCO)CCC(CCCC2CC[N+](C)(CCCCCCCCCCCO)CC2)CC1. The summed E-state index contributed by atoms with van der Waals surface area (Å²) in [5, 5.41) is 17.7. The van der Waals surface area contributed by atoms with Gasteiger partial charge in [-0.2, -0.15) is 0 Å². The number of aliphatic hydroxyl groups is 2. The number of aliphatic hydroxyl groups excluding tert-OH is 2. The number of hydrogen-bond acceptors (Lipinski definition) is 2. The molecule has 4 nitrogen and oxygen atoms in total. The Morgan fingerprint density at radius 2 is 0.659 bits per heavy atom. The van der Waals surface area contributed by atoms with Crippen LogP contribution in [0.25, 0.3) is 0 Å². The fourth-order valence-corrected chi connectivity index (χ4v) is 7.89. The molecule has 0 aromatic heterocycles. The molecule has 0 aromatic carbocycles. The van der Waals surface area contributed by atoms with Crippen LogP contribution in [-0.4, -0.2) is 85.8 Å². The van der Waals surface area contributed by atoms with Gasteiger partial charge in [0, 0.05) is 13.2 Å². The Morgan fingerprint density at radius 3 is 0.951 bits per heavy atom. The lowest BCUT2D eigenvalue weighted by molar-refractivity contribution is -0.915. The van der Waals surface area contributed by atoms with Crippen molar-refractivity contribution >= 4 is 0 Å². The second-order valence-corrected chi connectivity index (χ2v) is 15.2. The monoisotopic (exact) mass is 581 g/mol. The molecule has 0 atom stereocenters. The summed E-state index contributed by atoms with van der Waals surface area (Å²) < 4.78 is 2.70. The Morgan fingerprint density at radius 1 is 0.390 bits per heavy atom. The van der Waals surface area contributed by atoms with Gasteiger partial charge in [-0.15, -0.1) is 0 Å². The molecule has 2 rings (SSSR count). The van der Waals surface area contributed by atoms with E-state index in [-0.39, 0.29) is 0 Å². The van der Waals surface area contributed by atoms with Gasteiger partial charge in [-0.1, -0.05) is 96.3 Å². The highest BCUT2D eigenvalue weighted by molar-refractivity contribution is 4.69. The van der Waals surface area contributed by atoms with E-state index in [1.54, 1.807) is 0 Å². The molecule has 2 aliphatic heterocycles. The molecule has 4 heteroatoms. The lowest BCUT2D eigenvalue weighted by Gasteiger charge is -2.41. The van der Waals surface area contributed by atoms with Gasteiger partial charge in [0.15, 0.2) is 0 Å². The van der Waals surface area contributed by atoms with Crippen LogP contribution in [0.3, 0.4) is 0 Å². The number of unbranched alkanes of at least 4 members (excludes halogenated alkanes) is 16. The Bertz CT molecular complexity index is 531. The van der Waals surface area contributed by atoms with Gasteiger partial charge in [-0.05, 0) is 76.0 Å². The summed E-state index contributed by atoms with van der Waals surface area (Å²) in [7, 11) is 5.08. The number of hydrogen-bond donors (Lipinski definition) is 2. The minimum absolute atomic E-state index is 0.368. The molecular weight excluding hydrogens is 504 g/mol. The highest BCUT2D eigenvalue weighted by Crippen LogP contribution is 2.31. The number of quaternary nitrogens is 2. The van der Waals surface area contributed by atoms with Crippen molar-refractivity contribution in [2.75, 3.05) is 66.6 Å². The Hall–Kier alpha value is -0.160. The molecule has 0 saturated carbocycles. The molecule has 0 amide bonds. The lowest BCUT2D eigenvalue weighted by atomic mass is 9.86. The first-order valence-corrected chi connectivity index (χ1v) is 18.9. The zero-order valence-electron chi connectivity index (χ0n) is 28.3. The third kappa shape index (κ3) is 18.3. The molecule has 0 bridgehead atoms. The van der Waals surface area contributed by atoms with Crippen LogP contribution in [0.15, 0.2) is 0 Å². The largest absolute Gasteiger partial charge is 0.396 e. The third-order valence-corrected chi connectivity index (χ3v) is 11.2. The van der Waals surface area contributed by atoms with Crippen molar-refractivity contribution in [2.45, 2.75) is 161 Å². The summed E-state index contributed by atoms with van der Waals surface area (Å²) in [6.45, 7) is 9.28. The quantitative estimate of drug-likeness (QED) is 0.0792. The highest BCUT2D eigenvalue weighted by Gasteiger charge is 2.31. The van der Waals surface area contributed by atoms with Crippen molar-refractivity contribution in [3.05, 3.63) is 0 Å². The van der Waals surface area contributed by atoms with Gasteiger partial charge in [0.1, 0.15) is 0 Å². The molecule has 0 aliphatic carbocycles. The van der Waals surface area contributed by atoms with E-state index < -0.39 is 0 Å². The fraction of sp³-hybridized carbons (Fsp3) is 1.00. The predicted octanol–water partition coefficient (Wildman–Crippen LogP) is 8.88. The molecule has 2 heterocycles.